The molecule has 0 bridgehead atoms. The van der Waals surface area contributed by atoms with Gasteiger partial charge in [-0.2, -0.15) is 0 Å². The summed E-state index contributed by atoms with van der Waals surface area (Å²) < 4.78 is 30.3. The van der Waals surface area contributed by atoms with E-state index in [2.05, 4.69) is 10.3 Å². The normalized spacial score (nSPS) is 11.7. The second-order valence-corrected chi connectivity index (χ2v) is 7.86. The van der Waals surface area contributed by atoms with Gasteiger partial charge >= 0.3 is 0 Å². The number of sulfonamides is 1. The monoisotopic (exact) mass is 400 g/mol. The number of fused-ring (bicyclic) bond motifs is 3. The Bertz CT molecular complexity index is 1280. The summed E-state index contributed by atoms with van der Waals surface area (Å²) in [4.78, 5) is 14.3. The lowest BCUT2D eigenvalue weighted by Crippen LogP contribution is -2.41. The minimum Gasteiger partial charge on any atom is -0.456 e. The van der Waals surface area contributed by atoms with Crippen molar-refractivity contribution in [3.8, 4) is 0 Å². The molecule has 1 aromatic heterocycles. The predicted octanol–water partition coefficient (Wildman–Crippen LogP) is 3.86. The molecule has 4 rings (SSSR count). The van der Waals surface area contributed by atoms with Crippen LogP contribution in [-0.4, -0.2) is 14.3 Å². The summed E-state index contributed by atoms with van der Waals surface area (Å²) in [6.07, 6.45) is 0. The van der Waals surface area contributed by atoms with Crippen LogP contribution in [0.2, 0.25) is 5.02 Å². The highest BCUT2D eigenvalue weighted by Gasteiger charge is 2.19. The van der Waals surface area contributed by atoms with Crippen LogP contribution in [0.5, 0.6) is 0 Å². The van der Waals surface area contributed by atoms with E-state index in [4.69, 9.17) is 16.0 Å². The first-order chi connectivity index (χ1) is 13.0. The molecule has 0 fully saturated rings. The van der Waals surface area contributed by atoms with Crippen LogP contribution in [0.25, 0.3) is 21.9 Å². The average molecular weight is 401 g/mol. The van der Waals surface area contributed by atoms with Crippen LogP contribution in [0.3, 0.4) is 0 Å². The number of para-hydroxylation sites is 1. The summed E-state index contributed by atoms with van der Waals surface area (Å²) in [5, 5.41) is 1.71. The standard InChI is InChI=1S/C19H13ClN2O4S/c20-15-6-2-4-8-18(15)27(24,25)22-21-19(23)12-9-10-17-14(11-12)13-5-1-3-7-16(13)26-17/h1-11,22H,(H,21,23). The minimum absolute atomic E-state index is 0.0607. The summed E-state index contributed by atoms with van der Waals surface area (Å²) in [7, 11) is -3.99. The molecule has 0 saturated heterocycles. The molecule has 2 N–H and O–H groups in total. The Morgan fingerprint density at radius 1 is 0.889 bits per heavy atom. The molecular formula is C19H13ClN2O4S. The maximum Gasteiger partial charge on any atom is 0.266 e. The maximum atomic E-state index is 12.4. The van der Waals surface area contributed by atoms with Gasteiger partial charge in [-0.15, -0.1) is 4.83 Å². The van der Waals surface area contributed by atoms with E-state index in [0.29, 0.717) is 11.2 Å². The number of carbonyl (C=O) groups is 1. The van der Waals surface area contributed by atoms with Gasteiger partial charge < -0.3 is 4.42 Å². The number of amides is 1. The Morgan fingerprint density at radius 2 is 1.59 bits per heavy atom. The van der Waals surface area contributed by atoms with Gasteiger partial charge in [-0.25, -0.2) is 8.42 Å². The summed E-state index contributed by atoms with van der Waals surface area (Å²) in [6.45, 7) is 0. The van der Waals surface area contributed by atoms with E-state index in [9.17, 15) is 13.2 Å². The van der Waals surface area contributed by atoms with Gasteiger partial charge in [0.25, 0.3) is 15.9 Å². The van der Waals surface area contributed by atoms with Gasteiger partial charge in [0.15, 0.2) is 0 Å². The summed E-state index contributed by atoms with van der Waals surface area (Å²) in [5.41, 5.74) is 3.85. The average Bonchev–Trinajstić information content (AvgIpc) is 3.04. The highest BCUT2D eigenvalue weighted by Crippen LogP contribution is 2.29. The Balaban J connectivity index is 1.60. The SMILES string of the molecule is O=C(NNS(=O)(=O)c1ccccc1Cl)c1ccc2oc3ccccc3c2c1. The molecular weight excluding hydrogens is 388 g/mol. The van der Waals surface area contributed by atoms with Gasteiger partial charge in [0.05, 0.1) is 5.02 Å². The van der Waals surface area contributed by atoms with Crippen molar-refractivity contribution in [2.75, 3.05) is 0 Å². The summed E-state index contributed by atoms with van der Waals surface area (Å²) in [5.74, 6) is -0.599. The molecule has 8 heteroatoms. The largest absolute Gasteiger partial charge is 0.456 e. The molecule has 0 atom stereocenters. The maximum absolute atomic E-state index is 12.4. The zero-order chi connectivity index (χ0) is 19.0. The van der Waals surface area contributed by atoms with Gasteiger partial charge in [-0.05, 0) is 36.4 Å². The predicted molar refractivity (Wildman–Crippen MR) is 103 cm³/mol. The molecule has 0 aliphatic carbocycles. The third kappa shape index (κ3) is 3.28. The number of benzene rings is 3. The number of nitrogens with one attached hydrogen (secondary N) is 2. The van der Waals surface area contributed by atoms with Crippen LogP contribution < -0.4 is 10.3 Å². The Kier molecular flexibility index (Phi) is 4.35. The van der Waals surface area contributed by atoms with Gasteiger partial charge in [0.1, 0.15) is 16.1 Å². The van der Waals surface area contributed by atoms with E-state index < -0.39 is 15.9 Å². The van der Waals surface area contributed by atoms with Crippen LogP contribution in [0, 0.1) is 0 Å². The van der Waals surface area contributed by atoms with Gasteiger partial charge in [0.2, 0.25) is 0 Å². The molecule has 0 spiro atoms. The second kappa shape index (κ2) is 6.70. The van der Waals surface area contributed by atoms with Crippen LogP contribution in [0.4, 0.5) is 0 Å². The zero-order valence-electron chi connectivity index (χ0n) is 13.8. The Hall–Kier alpha value is -2.87. The smallest absolute Gasteiger partial charge is 0.266 e. The van der Waals surface area contributed by atoms with Crippen molar-refractivity contribution in [3.05, 3.63) is 77.3 Å². The summed E-state index contributed by atoms with van der Waals surface area (Å²) >= 11 is 5.91. The molecule has 1 amide bonds. The molecule has 1 heterocycles. The van der Waals surface area contributed by atoms with Crippen molar-refractivity contribution in [1.82, 2.24) is 10.3 Å². The van der Waals surface area contributed by atoms with Crippen molar-refractivity contribution in [2.45, 2.75) is 4.90 Å². The first kappa shape index (κ1) is 17.5. The fourth-order valence-corrected chi connectivity index (χ4v) is 4.13. The van der Waals surface area contributed by atoms with E-state index >= 15 is 0 Å². The lowest BCUT2D eigenvalue weighted by Gasteiger charge is -2.09. The van der Waals surface area contributed by atoms with Gasteiger partial charge in [0, 0.05) is 16.3 Å². The lowest BCUT2D eigenvalue weighted by molar-refractivity contribution is 0.0945. The third-order valence-corrected chi connectivity index (χ3v) is 5.81. The highest BCUT2D eigenvalue weighted by atomic mass is 35.5. The first-order valence-electron chi connectivity index (χ1n) is 7.94. The Labute approximate surface area is 159 Å². The lowest BCUT2D eigenvalue weighted by atomic mass is 10.1. The fraction of sp³-hybridized carbons (Fsp3) is 0. The molecule has 6 nitrogen and oxygen atoms in total. The molecule has 0 aliphatic heterocycles. The molecule has 136 valence electrons. The molecule has 4 aromatic rings. The van der Waals surface area contributed by atoms with Crippen LogP contribution >= 0.6 is 11.6 Å². The van der Waals surface area contributed by atoms with Gasteiger partial charge in [-0.3, -0.25) is 10.2 Å². The van der Waals surface area contributed by atoms with E-state index in [-0.39, 0.29) is 15.5 Å². The molecule has 0 radical (unpaired) electrons. The third-order valence-electron chi connectivity index (χ3n) is 4.06. The quantitative estimate of drug-likeness (QED) is 0.509. The number of halogens is 1. The number of hydrogen-bond donors (Lipinski definition) is 2. The topological polar surface area (TPSA) is 88.4 Å². The van der Waals surface area contributed by atoms with Gasteiger partial charge in [-0.1, -0.05) is 41.9 Å². The summed E-state index contributed by atoms with van der Waals surface area (Å²) in [6, 6.07) is 18.3. The van der Waals surface area contributed by atoms with Crippen molar-refractivity contribution in [3.63, 3.8) is 0 Å². The Morgan fingerprint density at radius 3 is 2.41 bits per heavy atom. The molecule has 0 unspecified atom stereocenters. The van der Waals surface area contributed by atoms with Crippen molar-refractivity contribution < 1.29 is 17.6 Å². The van der Waals surface area contributed by atoms with Crippen molar-refractivity contribution in [1.29, 1.82) is 0 Å². The van der Waals surface area contributed by atoms with E-state index in [1.54, 1.807) is 30.3 Å². The highest BCUT2D eigenvalue weighted by molar-refractivity contribution is 7.89. The zero-order valence-corrected chi connectivity index (χ0v) is 15.3. The van der Waals surface area contributed by atoms with Crippen LogP contribution in [0.1, 0.15) is 10.4 Å². The molecule has 0 saturated carbocycles. The van der Waals surface area contributed by atoms with E-state index in [1.165, 1.54) is 12.1 Å². The first-order valence-corrected chi connectivity index (χ1v) is 9.80. The van der Waals surface area contributed by atoms with Crippen LogP contribution in [0.15, 0.2) is 76.0 Å². The number of hydrogen-bond acceptors (Lipinski definition) is 4. The molecule has 3 aromatic carbocycles. The number of hydrazine groups is 1. The minimum atomic E-state index is -3.99. The second-order valence-electron chi connectivity index (χ2n) is 5.80. The van der Waals surface area contributed by atoms with Crippen molar-refractivity contribution in [2.24, 2.45) is 0 Å². The molecule has 0 aliphatic rings. The van der Waals surface area contributed by atoms with Crippen molar-refractivity contribution >= 4 is 49.5 Å². The van der Waals surface area contributed by atoms with Crippen LogP contribution in [-0.2, 0) is 10.0 Å². The number of furan rings is 1. The molecule has 27 heavy (non-hydrogen) atoms. The fourth-order valence-electron chi connectivity index (χ4n) is 2.77. The van der Waals surface area contributed by atoms with E-state index in [0.717, 1.165) is 10.8 Å². The number of rotatable bonds is 4. The number of carbonyl (C=O) groups excluding carboxylic acids is 1. The van der Waals surface area contributed by atoms with E-state index in [1.807, 2.05) is 24.3 Å².